The van der Waals surface area contributed by atoms with E-state index in [1.807, 2.05) is 55.1 Å². The fraction of sp³-hybridized carbons (Fsp3) is 0.333. The van der Waals surface area contributed by atoms with Gasteiger partial charge in [-0.05, 0) is 68.9 Å². The lowest BCUT2D eigenvalue weighted by Crippen LogP contribution is -2.18. The number of nitrogens with one attached hydrogen (secondary N) is 1. The van der Waals surface area contributed by atoms with E-state index < -0.39 is 10.0 Å². The first kappa shape index (κ1) is 22.7. The summed E-state index contributed by atoms with van der Waals surface area (Å²) in [6.07, 6.45) is 6.58. The van der Waals surface area contributed by atoms with Crippen LogP contribution < -0.4 is 9.46 Å². The van der Waals surface area contributed by atoms with E-state index in [1.54, 1.807) is 12.1 Å². The second-order valence-electron chi connectivity index (χ2n) is 9.77. The molecule has 1 N–H and O–H groups in total. The van der Waals surface area contributed by atoms with E-state index in [4.69, 9.17) is 4.74 Å². The minimum Gasteiger partial charge on any atom is -0.425 e. The van der Waals surface area contributed by atoms with Crippen molar-refractivity contribution in [2.24, 2.45) is 7.05 Å². The van der Waals surface area contributed by atoms with E-state index in [2.05, 4.69) is 20.3 Å². The Kier molecular flexibility index (Phi) is 5.30. The smallest absolute Gasteiger partial charge is 0.301 e. The Bertz CT molecular complexity index is 1620. The minimum absolute atomic E-state index is 0.283. The number of sulfonamides is 1. The van der Waals surface area contributed by atoms with E-state index in [9.17, 15) is 13.7 Å². The van der Waals surface area contributed by atoms with Gasteiger partial charge in [-0.25, -0.2) is 13.4 Å². The zero-order valence-electron chi connectivity index (χ0n) is 20.2. The number of nitriles is 1. The van der Waals surface area contributed by atoms with Crippen LogP contribution in [0.1, 0.15) is 49.4 Å². The Balaban J connectivity index is 1.43. The molecule has 2 aromatic heterocycles. The molecule has 0 atom stereocenters. The lowest BCUT2D eigenvalue weighted by Gasteiger charge is -2.30. The average molecular weight is 502 g/mol. The third-order valence-electron chi connectivity index (χ3n) is 7.07. The molecular weight excluding hydrogens is 474 g/mol. The average Bonchev–Trinajstić information content (AvgIpc) is 3.57. The molecule has 36 heavy (non-hydrogen) atoms. The van der Waals surface area contributed by atoms with E-state index in [0.29, 0.717) is 41.9 Å². The van der Waals surface area contributed by atoms with Gasteiger partial charge in [0, 0.05) is 36.4 Å². The predicted molar refractivity (Wildman–Crippen MR) is 139 cm³/mol. The van der Waals surface area contributed by atoms with E-state index in [-0.39, 0.29) is 5.25 Å². The third-order valence-corrected chi connectivity index (χ3v) is 8.94. The summed E-state index contributed by atoms with van der Waals surface area (Å²) in [4.78, 5) is 4.44. The van der Waals surface area contributed by atoms with Crippen LogP contribution in [0.15, 0.2) is 48.7 Å². The van der Waals surface area contributed by atoms with Crippen LogP contribution in [0.25, 0.3) is 22.2 Å². The quantitative estimate of drug-likeness (QED) is 0.353. The monoisotopic (exact) mass is 501 g/mol. The third kappa shape index (κ3) is 3.91. The van der Waals surface area contributed by atoms with Gasteiger partial charge in [-0.2, -0.15) is 5.26 Å². The summed E-state index contributed by atoms with van der Waals surface area (Å²) in [5.41, 5.74) is 4.72. The standard InChI is InChI=1S/C27H27N5O3S/c1-17-16-31(2)27(29-17)35-21-10-13-23-24(15-28)26(32(25(23)14-21)20-4-3-5-20)18-6-8-19(9-7-18)30-36(33,34)22-11-12-22/h6-10,13-14,16,20,22,30H,3-5,11-12H2,1-2H3. The number of ether oxygens (including phenoxy) is 1. The van der Waals surface area contributed by atoms with Gasteiger partial charge in [0.15, 0.2) is 0 Å². The molecule has 0 unspecified atom stereocenters. The molecule has 0 amide bonds. The van der Waals surface area contributed by atoms with Gasteiger partial charge in [-0.1, -0.05) is 12.1 Å². The molecule has 9 heteroatoms. The number of imidazole rings is 1. The molecule has 0 spiro atoms. The van der Waals surface area contributed by atoms with Crippen LogP contribution in [-0.2, 0) is 17.1 Å². The SMILES string of the molecule is Cc1cn(C)c(Oc2ccc3c(C#N)c(-c4ccc(NS(=O)(=O)C5CC5)cc4)n(C4CCC4)c3c2)n1. The molecule has 6 rings (SSSR count). The van der Waals surface area contributed by atoms with Crippen molar-refractivity contribution in [1.29, 1.82) is 5.26 Å². The number of aromatic nitrogens is 3. The zero-order valence-corrected chi connectivity index (χ0v) is 21.0. The molecule has 2 aliphatic rings. The van der Waals surface area contributed by atoms with Crippen LogP contribution in [0.2, 0.25) is 0 Å². The highest BCUT2D eigenvalue weighted by Crippen LogP contribution is 2.44. The summed E-state index contributed by atoms with van der Waals surface area (Å²) in [6.45, 7) is 1.92. The van der Waals surface area contributed by atoms with Gasteiger partial charge >= 0.3 is 6.01 Å². The first-order valence-corrected chi connectivity index (χ1v) is 13.8. The van der Waals surface area contributed by atoms with E-state index >= 15 is 0 Å². The number of rotatable bonds is 7. The van der Waals surface area contributed by atoms with Crippen LogP contribution in [0, 0.1) is 18.3 Å². The van der Waals surface area contributed by atoms with Gasteiger partial charge < -0.3 is 13.9 Å². The van der Waals surface area contributed by atoms with Crippen molar-refractivity contribution in [2.45, 2.75) is 50.3 Å². The van der Waals surface area contributed by atoms with E-state index in [1.165, 1.54) is 0 Å². The van der Waals surface area contributed by atoms with Crippen molar-refractivity contribution >= 4 is 26.6 Å². The molecule has 2 aliphatic carbocycles. The fourth-order valence-corrected chi connectivity index (χ4v) is 6.28. The van der Waals surface area contributed by atoms with Crippen LogP contribution in [0.5, 0.6) is 11.8 Å². The van der Waals surface area contributed by atoms with Gasteiger partial charge in [-0.15, -0.1) is 0 Å². The topological polar surface area (TPSA) is 102 Å². The van der Waals surface area contributed by atoms with Crippen LogP contribution in [0.4, 0.5) is 5.69 Å². The first-order chi connectivity index (χ1) is 17.3. The molecule has 4 aromatic rings. The van der Waals surface area contributed by atoms with Gasteiger partial charge in [0.2, 0.25) is 10.0 Å². The summed E-state index contributed by atoms with van der Waals surface area (Å²) in [7, 11) is -1.43. The highest BCUT2D eigenvalue weighted by atomic mass is 32.2. The molecule has 0 aliphatic heterocycles. The van der Waals surface area contributed by atoms with Gasteiger partial charge in [0.05, 0.1) is 27.7 Å². The Labute approximate surface area is 210 Å². The Hall–Kier alpha value is -3.77. The number of nitrogens with zero attached hydrogens (tertiary/aromatic N) is 4. The molecule has 8 nitrogen and oxygen atoms in total. The number of benzene rings is 2. The van der Waals surface area contributed by atoms with Crippen molar-refractivity contribution in [3.8, 4) is 29.1 Å². The minimum atomic E-state index is -3.33. The summed E-state index contributed by atoms with van der Waals surface area (Å²) in [5, 5.41) is 10.8. The first-order valence-electron chi connectivity index (χ1n) is 12.2. The van der Waals surface area contributed by atoms with Crippen molar-refractivity contribution in [2.75, 3.05) is 4.72 Å². The van der Waals surface area contributed by atoms with Crippen LogP contribution >= 0.6 is 0 Å². The number of aryl methyl sites for hydroxylation is 2. The number of hydrogen-bond acceptors (Lipinski definition) is 5. The second kappa shape index (κ2) is 8.42. The van der Waals surface area contributed by atoms with E-state index in [0.717, 1.165) is 47.1 Å². The Morgan fingerprint density at radius 2 is 1.86 bits per heavy atom. The number of hydrogen-bond donors (Lipinski definition) is 1. The summed E-state index contributed by atoms with van der Waals surface area (Å²) >= 11 is 0. The molecule has 0 saturated heterocycles. The largest absolute Gasteiger partial charge is 0.425 e. The fourth-order valence-electron chi connectivity index (χ4n) is 4.89. The summed E-state index contributed by atoms with van der Waals surface area (Å²) < 4.78 is 37.5. The molecule has 0 bridgehead atoms. The summed E-state index contributed by atoms with van der Waals surface area (Å²) in [5.74, 6) is 0.662. The van der Waals surface area contributed by atoms with Crippen LogP contribution in [0.3, 0.4) is 0 Å². The number of fused-ring (bicyclic) bond motifs is 1. The van der Waals surface area contributed by atoms with Crippen LogP contribution in [-0.4, -0.2) is 27.8 Å². The lowest BCUT2D eigenvalue weighted by atomic mass is 9.92. The maximum atomic E-state index is 12.3. The molecule has 2 heterocycles. The zero-order chi connectivity index (χ0) is 25.0. The molecule has 2 aromatic carbocycles. The molecule has 2 fully saturated rings. The molecular formula is C27H27N5O3S. The highest BCUT2D eigenvalue weighted by molar-refractivity contribution is 7.93. The lowest BCUT2D eigenvalue weighted by molar-refractivity contribution is 0.324. The highest BCUT2D eigenvalue weighted by Gasteiger charge is 2.35. The maximum absolute atomic E-state index is 12.3. The molecule has 0 radical (unpaired) electrons. The van der Waals surface area contributed by atoms with Crippen molar-refractivity contribution < 1.29 is 13.2 Å². The normalized spacial score (nSPS) is 16.0. The Morgan fingerprint density at radius 3 is 2.44 bits per heavy atom. The maximum Gasteiger partial charge on any atom is 0.301 e. The Morgan fingerprint density at radius 1 is 1.11 bits per heavy atom. The predicted octanol–water partition coefficient (Wildman–Crippen LogP) is 5.64. The van der Waals surface area contributed by atoms with Crippen molar-refractivity contribution in [3.05, 3.63) is 59.9 Å². The van der Waals surface area contributed by atoms with Crippen molar-refractivity contribution in [1.82, 2.24) is 14.1 Å². The van der Waals surface area contributed by atoms with Crippen molar-refractivity contribution in [3.63, 3.8) is 0 Å². The number of anilines is 1. The van der Waals surface area contributed by atoms with Gasteiger partial charge in [0.1, 0.15) is 11.8 Å². The molecule has 2 saturated carbocycles. The van der Waals surface area contributed by atoms with Gasteiger partial charge in [0.25, 0.3) is 0 Å². The summed E-state index contributed by atoms with van der Waals surface area (Å²) in [6, 6.07) is 16.4. The van der Waals surface area contributed by atoms with Gasteiger partial charge in [-0.3, -0.25) is 4.72 Å². The second-order valence-corrected chi connectivity index (χ2v) is 11.7. The molecule has 184 valence electrons.